The Kier molecular flexibility index (Phi) is 18.2. The van der Waals surface area contributed by atoms with Crippen molar-refractivity contribution in [3.8, 4) is 0 Å². The maximum Gasteiger partial charge on any atom is 0.267 e. The summed E-state index contributed by atoms with van der Waals surface area (Å²) in [6.45, 7) is 12.0. The number of halogens is 1. The number of ether oxygens (including phenoxy) is 3. The van der Waals surface area contributed by atoms with E-state index < -0.39 is 29.7 Å². The number of carbonyl (C=O) groups excluding carboxylic acids is 5. The van der Waals surface area contributed by atoms with Crippen LogP contribution in [0.3, 0.4) is 0 Å². The first kappa shape index (κ1) is 49.5. The van der Waals surface area contributed by atoms with Gasteiger partial charge in [-0.2, -0.15) is 0 Å². The van der Waals surface area contributed by atoms with Gasteiger partial charge in [-0.3, -0.25) is 39.1 Å². The van der Waals surface area contributed by atoms with Gasteiger partial charge in [0.2, 0.25) is 11.8 Å². The Balaban J connectivity index is 0.669. The zero-order valence-corrected chi connectivity index (χ0v) is 39.9. The van der Waals surface area contributed by atoms with Gasteiger partial charge in [0.25, 0.3) is 17.7 Å². The van der Waals surface area contributed by atoms with Gasteiger partial charge in [0.05, 0.1) is 54.5 Å². The van der Waals surface area contributed by atoms with Crippen molar-refractivity contribution in [2.45, 2.75) is 84.1 Å². The number of anilines is 4. The highest BCUT2D eigenvalue weighted by Crippen LogP contribution is 2.32. The summed E-state index contributed by atoms with van der Waals surface area (Å²) >= 11 is 7.54. The number of thiazole rings is 1. The summed E-state index contributed by atoms with van der Waals surface area (Å²) in [5.41, 5.74) is 2.96. The van der Waals surface area contributed by atoms with Crippen LogP contribution in [0.1, 0.15) is 105 Å². The molecule has 0 spiro atoms. The van der Waals surface area contributed by atoms with Crippen LogP contribution in [0.15, 0.2) is 48.7 Å². The molecular formula is C48H60ClN9O8S. The van der Waals surface area contributed by atoms with Crippen molar-refractivity contribution in [1.82, 2.24) is 30.1 Å². The molecule has 2 fully saturated rings. The quantitative estimate of drug-likeness (QED) is 0.0466. The van der Waals surface area contributed by atoms with Crippen LogP contribution in [-0.4, -0.2) is 133 Å². The lowest BCUT2D eigenvalue weighted by Crippen LogP contribution is -2.54. The molecule has 0 saturated carbocycles. The van der Waals surface area contributed by atoms with E-state index in [0.717, 1.165) is 106 Å². The van der Waals surface area contributed by atoms with Crippen LogP contribution < -0.4 is 20.9 Å². The smallest absolute Gasteiger partial charge is 0.267 e. The highest BCUT2D eigenvalue weighted by molar-refractivity contribution is 7.17. The topological polar surface area (TPSA) is 198 Å². The van der Waals surface area contributed by atoms with E-state index in [1.54, 1.807) is 24.4 Å². The fraction of sp³-hybridized carbons (Fsp3) is 0.500. The third-order valence-electron chi connectivity index (χ3n) is 12.0. The summed E-state index contributed by atoms with van der Waals surface area (Å²) in [7, 11) is 0. The number of benzene rings is 2. The van der Waals surface area contributed by atoms with E-state index in [4.69, 9.17) is 30.8 Å². The van der Waals surface area contributed by atoms with E-state index in [2.05, 4.69) is 35.7 Å². The summed E-state index contributed by atoms with van der Waals surface area (Å²) in [4.78, 5) is 83.2. The Labute approximate surface area is 400 Å². The molecule has 2 aromatic carbocycles. The number of nitrogens with one attached hydrogen (secondary N) is 3. The number of rotatable bonds is 25. The second kappa shape index (κ2) is 24.6. The van der Waals surface area contributed by atoms with Crippen LogP contribution in [-0.2, 0) is 30.2 Å². The number of piperazine rings is 1. The van der Waals surface area contributed by atoms with E-state index in [9.17, 15) is 24.0 Å². The lowest BCUT2D eigenvalue weighted by Gasteiger charge is -2.35. The summed E-state index contributed by atoms with van der Waals surface area (Å²) in [5.74, 6) is -0.0515. The van der Waals surface area contributed by atoms with E-state index in [1.165, 1.54) is 11.3 Å². The van der Waals surface area contributed by atoms with Gasteiger partial charge < -0.3 is 29.7 Å². The normalized spacial score (nSPS) is 16.4. The zero-order valence-electron chi connectivity index (χ0n) is 38.3. The van der Waals surface area contributed by atoms with Crippen molar-refractivity contribution in [3.05, 3.63) is 86.6 Å². The van der Waals surface area contributed by atoms with Crippen molar-refractivity contribution < 1.29 is 38.2 Å². The maximum absolute atomic E-state index is 13.3. The molecule has 2 aromatic heterocycles. The minimum Gasteiger partial charge on any atom is -0.379 e. The average molecular weight is 959 g/mol. The number of hydrogen-bond acceptors (Lipinski definition) is 15. The first-order valence-corrected chi connectivity index (χ1v) is 24.4. The molecule has 3 aliphatic heterocycles. The summed E-state index contributed by atoms with van der Waals surface area (Å²) in [5, 5.41) is 9.44. The number of aromatic nitrogens is 3. The summed E-state index contributed by atoms with van der Waals surface area (Å²) < 4.78 is 17.2. The van der Waals surface area contributed by atoms with Crippen LogP contribution in [0.25, 0.3) is 0 Å². The molecule has 19 heteroatoms. The van der Waals surface area contributed by atoms with Gasteiger partial charge >= 0.3 is 0 Å². The predicted octanol–water partition coefficient (Wildman–Crippen LogP) is 6.75. The van der Waals surface area contributed by atoms with E-state index in [-0.39, 0.29) is 18.7 Å². The number of imide groups is 2. The molecular weight excluding hydrogens is 898 g/mol. The molecule has 5 heterocycles. The number of piperidine rings is 1. The maximum atomic E-state index is 13.3. The fourth-order valence-corrected chi connectivity index (χ4v) is 9.40. The molecule has 17 nitrogen and oxygen atoms in total. The molecule has 1 atom stereocenters. The molecule has 0 aliphatic carbocycles. The molecule has 5 amide bonds. The van der Waals surface area contributed by atoms with Crippen LogP contribution in [0, 0.1) is 13.8 Å². The number of para-hydroxylation sites is 1. The molecule has 67 heavy (non-hydrogen) atoms. The van der Waals surface area contributed by atoms with Gasteiger partial charge in [-0.15, -0.1) is 0 Å². The fourth-order valence-electron chi connectivity index (χ4n) is 8.41. The Bertz CT molecular complexity index is 2350. The van der Waals surface area contributed by atoms with Crippen molar-refractivity contribution in [2.24, 2.45) is 0 Å². The molecule has 0 radical (unpaired) electrons. The van der Waals surface area contributed by atoms with Crippen LogP contribution in [0.2, 0.25) is 5.02 Å². The lowest BCUT2D eigenvalue weighted by molar-refractivity contribution is -0.136. The van der Waals surface area contributed by atoms with Gasteiger partial charge in [0.15, 0.2) is 5.13 Å². The first-order valence-electron chi connectivity index (χ1n) is 23.2. The molecule has 3 aliphatic rings. The Hall–Kier alpha value is -5.37. The van der Waals surface area contributed by atoms with Crippen molar-refractivity contribution in [2.75, 3.05) is 87.9 Å². The third-order valence-corrected chi connectivity index (χ3v) is 13.2. The Morgan fingerprint density at radius 3 is 2.27 bits per heavy atom. The minimum absolute atomic E-state index is 0.0939. The number of unbranched alkanes of at least 4 members (excludes halogenated alkanes) is 5. The van der Waals surface area contributed by atoms with Crippen molar-refractivity contribution in [1.29, 1.82) is 0 Å². The number of fused-ring (bicyclic) bond motifs is 1. The third kappa shape index (κ3) is 13.6. The highest BCUT2D eigenvalue weighted by Gasteiger charge is 2.45. The number of amides is 5. The molecule has 0 bridgehead atoms. The predicted molar refractivity (Wildman–Crippen MR) is 257 cm³/mol. The minimum atomic E-state index is -0.965. The number of hydrogen-bond donors (Lipinski definition) is 3. The van der Waals surface area contributed by atoms with E-state index >= 15 is 0 Å². The van der Waals surface area contributed by atoms with Gasteiger partial charge in [0.1, 0.15) is 28.4 Å². The second-order valence-electron chi connectivity index (χ2n) is 16.9. The van der Waals surface area contributed by atoms with Gasteiger partial charge in [-0.1, -0.05) is 66.5 Å². The van der Waals surface area contributed by atoms with Gasteiger partial charge in [-0.25, -0.2) is 15.0 Å². The molecule has 1 unspecified atom stereocenters. The largest absolute Gasteiger partial charge is 0.379 e. The van der Waals surface area contributed by atoms with Crippen LogP contribution in [0.4, 0.5) is 22.5 Å². The molecule has 4 aromatic rings. The van der Waals surface area contributed by atoms with Crippen LogP contribution in [0.5, 0.6) is 0 Å². The van der Waals surface area contributed by atoms with Gasteiger partial charge in [0, 0.05) is 51.9 Å². The lowest BCUT2D eigenvalue weighted by atomic mass is 9.98. The Morgan fingerprint density at radius 1 is 0.836 bits per heavy atom. The first-order chi connectivity index (χ1) is 32.5. The Morgan fingerprint density at radius 2 is 1.54 bits per heavy atom. The summed E-state index contributed by atoms with van der Waals surface area (Å²) in [6.07, 6.45) is 9.48. The van der Waals surface area contributed by atoms with E-state index in [0.29, 0.717) is 82.9 Å². The molecule has 7 rings (SSSR count). The molecule has 358 valence electrons. The monoisotopic (exact) mass is 957 g/mol. The SMILES string of the molecule is Cc1nc(Nc2ncc(C(=O)Nc3c(C)cccc3Cl)s2)cc(N2CCN(CCCCCCOCCOCCOCCCCCc3cccc4c3C(=O)N(C3CCC(=O)NC3=O)C4=O)CC2)n1. The van der Waals surface area contributed by atoms with Crippen molar-refractivity contribution >= 4 is 74.9 Å². The molecule has 2 saturated heterocycles. The number of aryl methyl sites for hydroxylation is 3. The second-order valence-corrected chi connectivity index (χ2v) is 18.3. The number of nitrogens with zero attached hydrogens (tertiary/aromatic N) is 6. The summed E-state index contributed by atoms with van der Waals surface area (Å²) in [6, 6.07) is 11.7. The average Bonchev–Trinajstić information content (AvgIpc) is 3.88. The van der Waals surface area contributed by atoms with Crippen molar-refractivity contribution in [3.63, 3.8) is 0 Å². The highest BCUT2D eigenvalue weighted by atomic mass is 35.5. The van der Waals surface area contributed by atoms with Crippen LogP contribution >= 0.6 is 22.9 Å². The molecule has 3 N–H and O–H groups in total. The number of carbonyl (C=O) groups is 5. The van der Waals surface area contributed by atoms with E-state index in [1.807, 2.05) is 38.1 Å². The van der Waals surface area contributed by atoms with Gasteiger partial charge in [-0.05, 0) is 82.2 Å². The standard InChI is InChI=1S/C48H60ClN9O8S/c1-32-12-10-16-36(49)43(32)55-45(61)38-31-50-48(67-38)53-39-30-40(52-33(2)51-39)57-22-20-56(21-23-57)19-7-3-4-8-24-64-26-28-66-29-27-65-25-9-5-6-13-34-14-11-15-35-42(34)47(63)58(46(35)62)37-17-18-41(59)54-44(37)60/h10-12,14-16,30-31,37H,3-9,13,17-29H2,1-2H3,(H,55,61)(H,54,59,60)(H,50,51,52,53). The zero-order chi connectivity index (χ0) is 47.1.